The first-order valence-corrected chi connectivity index (χ1v) is 5.46. The number of imidazole rings is 1. The number of H-pyrrole nitrogens is 1. The molecule has 4 nitrogen and oxygen atoms in total. The van der Waals surface area contributed by atoms with E-state index in [0.717, 1.165) is 11.0 Å². The van der Waals surface area contributed by atoms with Crippen molar-refractivity contribution in [3.05, 3.63) is 33.7 Å². The molecule has 1 unspecified atom stereocenters. The summed E-state index contributed by atoms with van der Waals surface area (Å²) in [5.41, 5.74) is 9.72. The van der Waals surface area contributed by atoms with E-state index >= 15 is 0 Å². The first-order chi connectivity index (χ1) is 7.54. The van der Waals surface area contributed by atoms with Crippen LogP contribution >= 0.6 is 0 Å². The Balaban J connectivity index is 2.79. The quantitative estimate of drug-likeness (QED) is 0.803. The second-order valence-corrected chi connectivity index (χ2v) is 4.34. The zero-order valence-corrected chi connectivity index (χ0v) is 9.87. The van der Waals surface area contributed by atoms with E-state index in [2.05, 4.69) is 4.98 Å². The van der Waals surface area contributed by atoms with Gasteiger partial charge in [0.15, 0.2) is 0 Å². The number of benzene rings is 1. The molecule has 0 saturated carbocycles. The number of aromatic amines is 1. The first-order valence-electron chi connectivity index (χ1n) is 5.46. The number of rotatable bonds is 2. The van der Waals surface area contributed by atoms with Crippen molar-refractivity contribution < 1.29 is 0 Å². The van der Waals surface area contributed by atoms with Crippen LogP contribution in [0.4, 0.5) is 0 Å². The van der Waals surface area contributed by atoms with Crippen molar-refractivity contribution in [2.24, 2.45) is 5.73 Å². The maximum Gasteiger partial charge on any atom is 0.326 e. The summed E-state index contributed by atoms with van der Waals surface area (Å²) < 4.78 is 1.72. The molecule has 0 fully saturated rings. The molecule has 0 spiro atoms. The lowest BCUT2D eigenvalue weighted by molar-refractivity contribution is 0.557. The number of nitrogens with two attached hydrogens (primary N) is 1. The predicted octanol–water partition coefficient (Wildman–Crippen LogP) is 1.47. The largest absolute Gasteiger partial charge is 0.328 e. The van der Waals surface area contributed by atoms with Gasteiger partial charge in [0.05, 0.1) is 11.0 Å². The maximum atomic E-state index is 11.8. The van der Waals surface area contributed by atoms with Crippen LogP contribution in [0.3, 0.4) is 0 Å². The van der Waals surface area contributed by atoms with Gasteiger partial charge in [-0.05, 0) is 44.0 Å². The molecule has 0 amide bonds. The Morgan fingerprint density at radius 2 is 2.00 bits per heavy atom. The Kier molecular flexibility index (Phi) is 2.59. The molecular formula is C12H17N3O. The average Bonchev–Trinajstić information content (AvgIpc) is 2.54. The van der Waals surface area contributed by atoms with Crippen LogP contribution in [0.25, 0.3) is 11.0 Å². The molecule has 2 aromatic rings. The van der Waals surface area contributed by atoms with E-state index in [1.54, 1.807) is 4.57 Å². The molecule has 1 aromatic heterocycles. The molecule has 1 atom stereocenters. The van der Waals surface area contributed by atoms with Gasteiger partial charge in [0, 0.05) is 12.6 Å². The van der Waals surface area contributed by atoms with Gasteiger partial charge in [-0.2, -0.15) is 0 Å². The van der Waals surface area contributed by atoms with Gasteiger partial charge in [-0.25, -0.2) is 4.79 Å². The molecular weight excluding hydrogens is 202 g/mol. The summed E-state index contributed by atoms with van der Waals surface area (Å²) in [5, 5.41) is 0. The van der Waals surface area contributed by atoms with Crippen LogP contribution in [0.2, 0.25) is 0 Å². The molecule has 0 aliphatic carbocycles. The second-order valence-electron chi connectivity index (χ2n) is 4.34. The Morgan fingerprint density at radius 3 is 2.62 bits per heavy atom. The number of fused-ring (bicyclic) bond motifs is 1. The zero-order valence-electron chi connectivity index (χ0n) is 9.87. The molecule has 0 radical (unpaired) electrons. The fourth-order valence-electron chi connectivity index (χ4n) is 1.93. The number of hydrogen-bond donors (Lipinski definition) is 2. The van der Waals surface area contributed by atoms with E-state index in [1.165, 1.54) is 11.1 Å². The van der Waals surface area contributed by atoms with Crippen LogP contribution in [-0.4, -0.2) is 16.1 Å². The fraction of sp³-hybridized carbons (Fsp3) is 0.417. The summed E-state index contributed by atoms with van der Waals surface area (Å²) >= 11 is 0. The molecule has 16 heavy (non-hydrogen) atoms. The third-order valence-electron chi connectivity index (χ3n) is 3.11. The van der Waals surface area contributed by atoms with Crippen LogP contribution in [0.15, 0.2) is 16.9 Å². The van der Waals surface area contributed by atoms with Gasteiger partial charge in [0.2, 0.25) is 0 Å². The minimum atomic E-state index is -0.0852. The highest BCUT2D eigenvalue weighted by atomic mass is 16.1. The molecule has 2 rings (SSSR count). The van der Waals surface area contributed by atoms with E-state index < -0.39 is 0 Å². The molecule has 0 aliphatic heterocycles. The van der Waals surface area contributed by atoms with Crippen molar-refractivity contribution in [2.45, 2.75) is 26.8 Å². The lowest BCUT2D eigenvalue weighted by Gasteiger charge is -2.11. The maximum absolute atomic E-state index is 11.8. The lowest BCUT2D eigenvalue weighted by Crippen LogP contribution is -2.25. The van der Waals surface area contributed by atoms with Gasteiger partial charge in [-0.3, -0.25) is 4.57 Å². The number of aryl methyl sites for hydroxylation is 2. The number of aromatic nitrogens is 2. The van der Waals surface area contributed by atoms with Gasteiger partial charge >= 0.3 is 5.69 Å². The average molecular weight is 219 g/mol. The monoisotopic (exact) mass is 219 g/mol. The van der Waals surface area contributed by atoms with Crippen LogP contribution in [-0.2, 0) is 0 Å². The van der Waals surface area contributed by atoms with E-state index in [-0.39, 0.29) is 11.7 Å². The molecule has 0 saturated heterocycles. The van der Waals surface area contributed by atoms with Gasteiger partial charge in [0.25, 0.3) is 0 Å². The summed E-state index contributed by atoms with van der Waals surface area (Å²) in [5.74, 6) is 0. The Labute approximate surface area is 94.1 Å². The van der Waals surface area contributed by atoms with E-state index in [1.807, 2.05) is 32.9 Å². The highest BCUT2D eigenvalue weighted by molar-refractivity contribution is 5.77. The minimum Gasteiger partial charge on any atom is -0.328 e. The molecule has 4 heteroatoms. The highest BCUT2D eigenvalue weighted by Crippen LogP contribution is 2.18. The summed E-state index contributed by atoms with van der Waals surface area (Å²) in [4.78, 5) is 14.7. The molecule has 1 heterocycles. The Hall–Kier alpha value is -1.55. The van der Waals surface area contributed by atoms with Crippen molar-refractivity contribution >= 4 is 11.0 Å². The normalized spacial score (nSPS) is 13.2. The smallest absolute Gasteiger partial charge is 0.326 e. The summed E-state index contributed by atoms with van der Waals surface area (Å²) in [6.07, 6.45) is 0. The van der Waals surface area contributed by atoms with Crippen LogP contribution in [0.5, 0.6) is 0 Å². The molecule has 1 aromatic carbocycles. The highest BCUT2D eigenvalue weighted by Gasteiger charge is 2.12. The van der Waals surface area contributed by atoms with Gasteiger partial charge in [0.1, 0.15) is 0 Å². The fourth-order valence-corrected chi connectivity index (χ4v) is 1.93. The van der Waals surface area contributed by atoms with Gasteiger partial charge in [-0.15, -0.1) is 0 Å². The molecule has 0 bridgehead atoms. The van der Waals surface area contributed by atoms with Crippen molar-refractivity contribution in [1.82, 2.24) is 9.55 Å². The van der Waals surface area contributed by atoms with Crippen molar-refractivity contribution in [1.29, 1.82) is 0 Å². The standard InChI is InChI=1S/C12H17N3O/c1-7-4-10-11(5-8(7)2)15(9(3)6-13)12(16)14-10/h4-5,9H,6,13H2,1-3H3,(H,14,16). The van der Waals surface area contributed by atoms with E-state index in [9.17, 15) is 4.79 Å². The predicted molar refractivity (Wildman–Crippen MR) is 65.8 cm³/mol. The van der Waals surface area contributed by atoms with Crippen molar-refractivity contribution in [3.8, 4) is 0 Å². The van der Waals surface area contributed by atoms with Gasteiger partial charge < -0.3 is 10.7 Å². The topological polar surface area (TPSA) is 63.8 Å². The molecule has 0 aliphatic rings. The van der Waals surface area contributed by atoms with Crippen LogP contribution < -0.4 is 11.4 Å². The number of nitrogens with zero attached hydrogens (tertiary/aromatic N) is 1. The zero-order chi connectivity index (χ0) is 11.9. The summed E-state index contributed by atoms with van der Waals surface area (Å²) in [7, 11) is 0. The number of nitrogens with one attached hydrogen (secondary N) is 1. The van der Waals surface area contributed by atoms with Crippen molar-refractivity contribution in [2.75, 3.05) is 6.54 Å². The second kappa shape index (κ2) is 3.79. The Morgan fingerprint density at radius 1 is 1.38 bits per heavy atom. The van der Waals surface area contributed by atoms with E-state index in [0.29, 0.717) is 6.54 Å². The van der Waals surface area contributed by atoms with Crippen molar-refractivity contribution in [3.63, 3.8) is 0 Å². The first kappa shape index (κ1) is 11.0. The third-order valence-corrected chi connectivity index (χ3v) is 3.11. The summed E-state index contributed by atoms with van der Waals surface area (Å²) in [6, 6.07) is 4.06. The lowest BCUT2D eigenvalue weighted by atomic mass is 10.1. The van der Waals surface area contributed by atoms with Crippen LogP contribution in [0.1, 0.15) is 24.1 Å². The SMILES string of the molecule is Cc1cc2[nH]c(=O)n(C(C)CN)c2cc1C. The Bertz CT molecular complexity index is 580. The number of hydrogen-bond acceptors (Lipinski definition) is 2. The van der Waals surface area contributed by atoms with Gasteiger partial charge in [-0.1, -0.05) is 0 Å². The minimum absolute atomic E-state index is 0.0170. The third kappa shape index (κ3) is 1.55. The molecule has 3 N–H and O–H groups in total. The summed E-state index contributed by atoms with van der Waals surface area (Å²) in [6.45, 7) is 6.49. The van der Waals surface area contributed by atoms with Crippen LogP contribution in [0, 0.1) is 13.8 Å². The van der Waals surface area contributed by atoms with E-state index in [4.69, 9.17) is 5.73 Å². The molecule has 86 valence electrons.